The summed E-state index contributed by atoms with van der Waals surface area (Å²) < 4.78 is 9.93. The SMILES string of the molecule is CCOC(=O)C[C@@H](C(=O)OCC)[NH+]1CCCC1. The lowest BCUT2D eigenvalue weighted by atomic mass is 10.2. The van der Waals surface area contributed by atoms with E-state index in [9.17, 15) is 9.59 Å². The molecule has 98 valence electrons. The van der Waals surface area contributed by atoms with Gasteiger partial charge >= 0.3 is 11.9 Å². The molecule has 1 atom stereocenters. The van der Waals surface area contributed by atoms with Crippen LogP contribution in [0.5, 0.6) is 0 Å². The van der Waals surface area contributed by atoms with Crippen molar-refractivity contribution in [2.24, 2.45) is 0 Å². The topological polar surface area (TPSA) is 57.0 Å². The Morgan fingerprint density at radius 3 is 2.24 bits per heavy atom. The molecule has 5 nitrogen and oxygen atoms in total. The first-order chi connectivity index (χ1) is 8.19. The highest BCUT2D eigenvalue weighted by Gasteiger charge is 2.35. The number of hydrogen-bond donors (Lipinski definition) is 1. The van der Waals surface area contributed by atoms with E-state index in [0.29, 0.717) is 13.2 Å². The lowest BCUT2D eigenvalue weighted by molar-refractivity contribution is -0.904. The molecule has 0 saturated carbocycles. The first kappa shape index (κ1) is 14.0. The Morgan fingerprint density at radius 2 is 1.71 bits per heavy atom. The largest absolute Gasteiger partial charge is 0.466 e. The maximum atomic E-state index is 11.8. The van der Waals surface area contributed by atoms with Crippen LogP contribution >= 0.6 is 0 Å². The fourth-order valence-corrected chi connectivity index (χ4v) is 2.20. The number of nitrogens with one attached hydrogen (secondary N) is 1. The van der Waals surface area contributed by atoms with Gasteiger partial charge < -0.3 is 14.4 Å². The van der Waals surface area contributed by atoms with Crippen molar-refractivity contribution >= 4 is 11.9 Å². The van der Waals surface area contributed by atoms with E-state index >= 15 is 0 Å². The smallest absolute Gasteiger partial charge is 0.365 e. The molecule has 1 N–H and O–H groups in total. The number of hydrogen-bond acceptors (Lipinski definition) is 4. The van der Waals surface area contributed by atoms with E-state index in [2.05, 4.69) is 0 Å². The van der Waals surface area contributed by atoms with Crippen molar-refractivity contribution in [1.82, 2.24) is 0 Å². The van der Waals surface area contributed by atoms with Gasteiger partial charge in [0.2, 0.25) is 0 Å². The summed E-state index contributed by atoms with van der Waals surface area (Å²) in [6.07, 6.45) is 2.34. The predicted octanol–water partition coefficient (Wildman–Crippen LogP) is -0.450. The van der Waals surface area contributed by atoms with Gasteiger partial charge in [0.1, 0.15) is 6.42 Å². The molecule has 1 aliphatic rings. The number of likely N-dealkylation sites (tertiary alicyclic amines) is 1. The molecular formula is C12H22NO4+. The summed E-state index contributed by atoms with van der Waals surface area (Å²) in [4.78, 5) is 24.4. The first-order valence-corrected chi connectivity index (χ1v) is 6.35. The Hall–Kier alpha value is -1.10. The van der Waals surface area contributed by atoms with Gasteiger partial charge in [-0.25, -0.2) is 4.79 Å². The minimum Gasteiger partial charge on any atom is -0.466 e. The van der Waals surface area contributed by atoms with Gasteiger partial charge in [-0.05, 0) is 13.8 Å². The lowest BCUT2D eigenvalue weighted by Crippen LogP contribution is -3.15. The Labute approximate surface area is 102 Å². The molecule has 0 aliphatic carbocycles. The molecule has 0 amide bonds. The molecule has 0 spiro atoms. The second-order valence-electron chi connectivity index (χ2n) is 4.18. The first-order valence-electron chi connectivity index (χ1n) is 6.35. The van der Waals surface area contributed by atoms with Crippen LogP contribution in [0.4, 0.5) is 0 Å². The normalized spacial score (nSPS) is 17.8. The summed E-state index contributed by atoms with van der Waals surface area (Å²) in [6.45, 7) is 6.11. The molecule has 0 aromatic carbocycles. The minimum absolute atomic E-state index is 0.127. The fourth-order valence-electron chi connectivity index (χ4n) is 2.20. The van der Waals surface area contributed by atoms with Crippen LogP contribution in [0.25, 0.3) is 0 Å². The Bertz CT molecular complexity index is 261. The summed E-state index contributed by atoms with van der Waals surface area (Å²) in [7, 11) is 0. The van der Waals surface area contributed by atoms with E-state index in [1.54, 1.807) is 13.8 Å². The zero-order valence-corrected chi connectivity index (χ0v) is 10.7. The Morgan fingerprint density at radius 1 is 1.12 bits per heavy atom. The summed E-state index contributed by atoms with van der Waals surface area (Å²) in [5, 5.41) is 0. The molecule has 1 heterocycles. The van der Waals surface area contributed by atoms with Crippen LogP contribution < -0.4 is 4.90 Å². The zero-order chi connectivity index (χ0) is 12.7. The number of esters is 2. The molecule has 0 unspecified atom stereocenters. The number of carbonyl (C=O) groups is 2. The van der Waals surface area contributed by atoms with Crippen LogP contribution in [0.15, 0.2) is 0 Å². The second kappa shape index (κ2) is 7.27. The van der Waals surface area contributed by atoms with Crippen LogP contribution in [0, 0.1) is 0 Å². The van der Waals surface area contributed by atoms with Gasteiger partial charge in [-0.15, -0.1) is 0 Å². The van der Waals surface area contributed by atoms with E-state index in [4.69, 9.17) is 9.47 Å². The minimum atomic E-state index is -0.392. The van der Waals surface area contributed by atoms with Crippen molar-refractivity contribution in [3.8, 4) is 0 Å². The summed E-state index contributed by atoms with van der Waals surface area (Å²) in [5.74, 6) is -0.595. The van der Waals surface area contributed by atoms with Gasteiger partial charge in [-0.2, -0.15) is 0 Å². The number of quaternary nitrogens is 1. The third-order valence-corrected chi connectivity index (χ3v) is 2.99. The molecule has 0 aromatic rings. The van der Waals surface area contributed by atoms with E-state index < -0.39 is 6.04 Å². The molecule has 1 fully saturated rings. The highest BCUT2D eigenvalue weighted by atomic mass is 16.5. The molecule has 0 radical (unpaired) electrons. The molecular weight excluding hydrogens is 222 g/mol. The van der Waals surface area contributed by atoms with Gasteiger partial charge in [0.15, 0.2) is 6.04 Å². The third kappa shape index (κ3) is 4.34. The summed E-state index contributed by atoms with van der Waals surface area (Å²) in [5.41, 5.74) is 0. The standard InChI is InChI=1S/C12H21NO4/c1-3-16-11(14)9-10(12(15)17-4-2)13-7-5-6-8-13/h10H,3-9H2,1-2H3/p+1/t10-/m0/s1. The van der Waals surface area contributed by atoms with Gasteiger partial charge in [0, 0.05) is 12.8 Å². The molecule has 5 heteroatoms. The van der Waals surface area contributed by atoms with Gasteiger partial charge in [-0.1, -0.05) is 0 Å². The molecule has 0 aromatic heterocycles. The maximum Gasteiger partial charge on any atom is 0.365 e. The van der Waals surface area contributed by atoms with E-state index in [0.717, 1.165) is 30.8 Å². The zero-order valence-electron chi connectivity index (χ0n) is 10.7. The van der Waals surface area contributed by atoms with Crippen LogP contribution in [0.2, 0.25) is 0 Å². The highest BCUT2D eigenvalue weighted by molar-refractivity contribution is 5.81. The Balaban J connectivity index is 2.57. The van der Waals surface area contributed by atoms with Crippen molar-refractivity contribution < 1.29 is 24.0 Å². The monoisotopic (exact) mass is 244 g/mol. The van der Waals surface area contributed by atoms with Crippen molar-refractivity contribution in [3.05, 3.63) is 0 Å². The molecule has 1 saturated heterocycles. The van der Waals surface area contributed by atoms with Crippen molar-refractivity contribution in [2.75, 3.05) is 26.3 Å². The lowest BCUT2D eigenvalue weighted by Gasteiger charge is -2.21. The molecule has 17 heavy (non-hydrogen) atoms. The maximum absolute atomic E-state index is 11.8. The van der Waals surface area contributed by atoms with Crippen molar-refractivity contribution in [1.29, 1.82) is 0 Å². The Kier molecular flexibility index (Phi) is 5.97. The van der Waals surface area contributed by atoms with Crippen LogP contribution in [-0.4, -0.2) is 44.3 Å². The van der Waals surface area contributed by atoms with Crippen LogP contribution in [-0.2, 0) is 19.1 Å². The van der Waals surface area contributed by atoms with E-state index in [1.807, 2.05) is 0 Å². The molecule has 1 rings (SSSR count). The van der Waals surface area contributed by atoms with Gasteiger partial charge in [-0.3, -0.25) is 4.79 Å². The van der Waals surface area contributed by atoms with Crippen molar-refractivity contribution in [3.63, 3.8) is 0 Å². The van der Waals surface area contributed by atoms with E-state index in [1.165, 1.54) is 0 Å². The second-order valence-corrected chi connectivity index (χ2v) is 4.18. The fraction of sp³-hybridized carbons (Fsp3) is 0.833. The van der Waals surface area contributed by atoms with Gasteiger partial charge in [0.05, 0.1) is 26.3 Å². The summed E-state index contributed by atoms with van der Waals surface area (Å²) >= 11 is 0. The third-order valence-electron chi connectivity index (χ3n) is 2.99. The number of ether oxygens (including phenoxy) is 2. The van der Waals surface area contributed by atoms with Crippen LogP contribution in [0.1, 0.15) is 33.1 Å². The molecule has 0 bridgehead atoms. The highest BCUT2D eigenvalue weighted by Crippen LogP contribution is 1.99. The quantitative estimate of drug-likeness (QED) is 0.643. The predicted molar refractivity (Wildman–Crippen MR) is 61.6 cm³/mol. The average molecular weight is 244 g/mol. The average Bonchev–Trinajstić information content (AvgIpc) is 2.79. The molecule has 1 aliphatic heterocycles. The summed E-state index contributed by atoms with van der Waals surface area (Å²) in [6, 6.07) is -0.392. The number of carbonyl (C=O) groups excluding carboxylic acids is 2. The van der Waals surface area contributed by atoms with Gasteiger partial charge in [0.25, 0.3) is 0 Å². The van der Waals surface area contributed by atoms with Crippen molar-refractivity contribution in [2.45, 2.75) is 39.2 Å². The van der Waals surface area contributed by atoms with E-state index in [-0.39, 0.29) is 18.4 Å². The van der Waals surface area contributed by atoms with Crippen LogP contribution in [0.3, 0.4) is 0 Å². The number of rotatable bonds is 6.